The van der Waals surface area contributed by atoms with Crippen LogP contribution in [0.5, 0.6) is 0 Å². The average molecular weight is 409 g/mol. The Balaban J connectivity index is 1.79. The second-order valence-electron chi connectivity index (χ2n) is 7.23. The van der Waals surface area contributed by atoms with E-state index in [1.807, 2.05) is 11.4 Å². The number of hydrogen-bond donors (Lipinski definition) is 1. The van der Waals surface area contributed by atoms with E-state index in [1.54, 1.807) is 23.1 Å². The largest absolute Gasteiger partial charge is 0.471 e. The van der Waals surface area contributed by atoms with Gasteiger partial charge < -0.3 is 15.1 Å². The molecule has 1 saturated heterocycles. The SMILES string of the molecule is C=CC(=O)N1CCCC(C(=O)N2c3ccccc3CC2CNC(=O)C(F)(F)F)C1. The number of carbonyl (C=O) groups is 3. The van der Waals surface area contributed by atoms with Crippen molar-refractivity contribution in [3.05, 3.63) is 42.5 Å². The number of carbonyl (C=O) groups excluding carboxylic acids is 3. The predicted molar refractivity (Wildman–Crippen MR) is 100.0 cm³/mol. The van der Waals surface area contributed by atoms with Gasteiger partial charge in [0.2, 0.25) is 11.8 Å². The van der Waals surface area contributed by atoms with Crippen molar-refractivity contribution < 1.29 is 27.6 Å². The van der Waals surface area contributed by atoms with Gasteiger partial charge in [-0.1, -0.05) is 24.8 Å². The average Bonchev–Trinajstić information content (AvgIpc) is 3.08. The molecule has 1 aromatic carbocycles. The topological polar surface area (TPSA) is 69.7 Å². The highest BCUT2D eigenvalue weighted by atomic mass is 19.4. The zero-order valence-corrected chi connectivity index (χ0v) is 15.7. The van der Waals surface area contributed by atoms with Crippen LogP contribution >= 0.6 is 0 Å². The van der Waals surface area contributed by atoms with Crippen LogP contribution in [0.15, 0.2) is 36.9 Å². The van der Waals surface area contributed by atoms with Crippen molar-refractivity contribution in [1.82, 2.24) is 10.2 Å². The number of piperidine rings is 1. The maximum atomic E-state index is 13.3. The first-order valence-electron chi connectivity index (χ1n) is 9.39. The Morgan fingerprint density at radius 2 is 1.97 bits per heavy atom. The van der Waals surface area contributed by atoms with Crippen LogP contribution in [0.3, 0.4) is 0 Å². The van der Waals surface area contributed by atoms with Crippen LogP contribution in [-0.2, 0) is 20.8 Å². The quantitative estimate of drug-likeness (QED) is 0.774. The molecule has 1 N–H and O–H groups in total. The molecule has 3 rings (SSSR count). The molecule has 1 aromatic rings. The molecule has 2 atom stereocenters. The van der Waals surface area contributed by atoms with E-state index in [2.05, 4.69) is 6.58 Å². The number of anilines is 1. The fourth-order valence-electron chi connectivity index (χ4n) is 3.94. The number of nitrogens with one attached hydrogen (secondary N) is 1. The highest BCUT2D eigenvalue weighted by Crippen LogP contribution is 2.34. The van der Waals surface area contributed by atoms with E-state index in [4.69, 9.17) is 0 Å². The van der Waals surface area contributed by atoms with Crippen LogP contribution in [-0.4, -0.2) is 54.5 Å². The minimum atomic E-state index is -4.98. The Morgan fingerprint density at radius 1 is 1.24 bits per heavy atom. The number of nitrogens with zero attached hydrogens (tertiary/aromatic N) is 2. The van der Waals surface area contributed by atoms with Crippen molar-refractivity contribution >= 4 is 23.4 Å². The van der Waals surface area contributed by atoms with E-state index in [1.165, 1.54) is 11.0 Å². The summed E-state index contributed by atoms with van der Waals surface area (Å²) < 4.78 is 37.6. The van der Waals surface area contributed by atoms with Gasteiger partial charge in [-0.25, -0.2) is 0 Å². The van der Waals surface area contributed by atoms with Crippen molar-refractivity contribution in [2.75, 3.05) is 24.5 Å². The van der Waals surface area contributed by atoms with Crippen molar-refractivity contribution in [2.45, 2.75) is 31.5 Å². The Labute approximate surface area is 166 Å². The highest BCUT2D eigenvalue weighted by Gasteiger charge is 2.42. The molecule has 2 heterocycles. The Morgan fingerprint density at radius 3 is 2.66 bits per heavy atom. The standard InChI is InChI=1S/C20H22F3N3O3/c1-2-17(27)25-9-5-7-14(12-25)18(28)26-15(11-24-19(29)20(21,22)23)10-13-6-3-4-8-16(13)26/h2-4,6,8,14-15H,1,5,7,9-12H2,(H,24,29). The summed E-state index contributed by atoms with van der Waals surface area (Å²) in [5, 5.41) is 1.89. The number of amides is 3. The first-order valence-corrected chi connectivity index (χ1v) is 9.39. The summed E-state index contributed by atoms with van der Waals surface area (Å²) in [4.78, 5) is 39.5. The minimum absolute atomic E-state index is 0.240. The highest BCUT2D eigenvalue weighted by molar-refractivity contribution is 5.98. The molecule has 1 fully saturated rings. The van der Waals surface area contributed by atoms with Crippen LogP contribution in [0.1, 0.15) is 18.4 Å². The Hall–Kier alpha value is -2.84. The van der Waals surface area contributed by atoms with Gasteiger partial charge in [0.15, 0.2) is 0 Å². The van der Waals surface area contributed by atoms with E-state index in [-0.39, 0.29) is 24.9 Å². The molecular weight excluding hydrogens is 387 g/mol. The number of halogens is 3. The van der Waals surface area contributed by atoms with E-state index >= 15 is 0 Å². The molecule has 2 aliphatic heterocycles. The fourth-order valence-corrected chi connectivity index (χ4v) is 3.94. The van der Waals surface area contributed by atoms with Gasteiger partial charge in [-0.3, -0.25) is 14.4 Å². The van der Waals surface area contributed by atoms with Crippen LogP contribution < -0.4 is 10.2 Å². The van der Waals surface area contributed by atoms with Gasteiger partial charge in [-0.15, -0.1) is 0 Å². The lowest BCUT2D eigenvalue weighted by atomic mass is 9.95. The monoisotopic (exact) mass is 409 g/mol. The zero-order valence-electron chi connectivity index (χ0n) is 15.7. The van der Waals surface area contributed by atoms with Gasteiger partial charge in [-0.05, 0) is 37.0 Å². The summed E-state index contributed by atoms with van der Waals surface area (Å²) in [6, 6.07) is 6.49. The molecule has 0 aromatic heterocycles. The van der Waals surface area contributed by atoms with Gasteiger partial charge in [0.25, 0.3) is 0 Å². The summed E-state index contributed by atoms with van der Waals surface area (Å²) in [5.74, 6) is -2.98. The fraction of sp³-hybridized carbons (Fsp3) is 0.450. The molecular formula is C20H22F3N3O3. The first-order chi connectivity index (χ1) is 13.7. The van der Waals surface area contributed by atoms with Crippen LogP contribution in [0.4, 0.5) is 18.9 Å². The van der Waals surface area contributed by atoms with Crippen LogP contribution in [0.25, 0.3) is 0 Å². The number of hydrogen-bond acceptors (Lipinski definition) is 3. The third kappa shape index (κ3) is 4.44. The summed E-state index contributed by atoms with van der Waals surface area (Å²) in [6.45, 7) is 3.94. The van der Waals surface area contributed by atoms with Gasteiger partial charge in [0, 0.05) is 25.3 Å². The van der Waals surface area contributed by atoms with E-state index in [0.717, 1.165) is 5.56 Å². The lowest BCUT2D eigenvalue weighted by Crippen LogP contribution is -2.52. The zero-order chi connectivity index (χ0) is 21.2. The molecule has 9 heteroatoms. The van der Waals surface area contributed by atoms with Gasteiger partial charge in [-0.2, -0.15) is 13.2 Å². The Kier molecular flexibility index (Phi) is 5.95. The van der Waals surface area contributed by atoms with Crippen molar-refractivity contribution in [3.8, 4) is 0 Å². The van der Waals surface area contributed by atoms with E-state index in [9.17, 15) is 27.6 Å². The summed E-state index contributed by atoms with van der Waals surface area (Å²) in [6.07, 6.45) is -2.19. The molecule has 3 amide bonds. The number of benzene rings is 1. The van der Waals surface area contributed by atoms with Crippen LogP contribution in [0, 0.1) is 5.92 Å². The maximum Gasteiger partial charge on any atom is 0.471 e. The second-order valence-corrected chi connectivity index (χ2v) is 7.23. The lowest BCUT2D eigenvalue weighted by molar-refractivity contribution is -0.173. The van der Waals surface area contributed by atoms with Gasteiger partial charge >= 0.3 is 12.1 Å². The smallest absolute Gasteiger partial charge is 0.346 e. The predicted octanol–water partition coefficient (Wildman–Crippen LogP) is 2.05. The third-order valence-corrected chi connectivity index (χ3v) is 5.32. The number of fused-ring (bicyclic) bond motifs is 1. The summed E-state index contributed by atoms with van der Waals surface area (Å²) >= 11 is 0. The van der Waals surface area contributed by atoms with Gasteiger partial charge in [0.05, 0.1) is 12.0 Å². The number of para-hydroxylation sites is 1. The molecule has 0 bridgehead atoms. The second kappa shape index (κ2) is 8.26. The molecule has 0 saturated carbocycles. The minimum Gasteiger partial charge on any atom is -0.346 e. The molecule has 0 spiro atoms. The van der Waals surface area contributed by atoms with E-state index < -0.39 is 24.0 Å². The molecule has 0 aliphatic carbocycles. The number of likely N-dealkylation sites (tertiary alicyclic amines) is 1. The molecule has 29 heavy (non-hydrogen) atoms. The van der Waals surface area contributed by atoms with Crippen molar-refractivity contribution in [3.63, 3.8) is 0 Å². The Bertz CT molecular complexity index is 825. The van der Waals surface area contributed by atoms with Crippen molar-refractivity contribution in [1.29, 1.82) is 0 Å². The molecule has 6 nitrogen and oxygen atoms in total. The summed E-state index contributed by atoms with van der Waals surface area (Å²) in [7, 11) is 0. The van der Waals surface area contributed by atoms with E-state index in [0.29, 0.717) is 31.5 Å². The molecule has 2 aliphatic rings. The van der Waals surface area contributed by atoms with Gasteiger partial charge in [0.1, 0.15) is 0 Å². The normalized spacial score (nSPS) is 21.5. The molecule has 0 radical (unpaired) electrons. The number of alkyl halides is 3. The van der Waals surface area contributed by atoms with Crippen LogP contribution in [0.2, 0.25) is 0 Å². The lowest BCUT2D eigenvalue weighted by Gasteiger charge is -2.35. The molecule has 156 valence electrons. The number of rotatable bonds is 4. The maximum absolute atomic E-state index is 13.3. The summed E-state index contributed by atoms with van der Waals surface area (Å²) in [5.41, 5.74) is 1.47. The first kappa shape index (κ1) is 20.9. The van der Waals surface area contributed by atoms with Crippen molar-refractivity contribution in [2.24, 2.45) is 5.92 Å². The molecule has 2 unspecified atom stereocenters. The third-order valence-electron chi connectivity index (χ3n) is 5.32.